The molecular formula is C12H12BrF3O. The van der Waals surface area contributed by atoms with Gasteiger partial charge in [0.2, 0.25) is 0 Å². The van der Waals surface area contributed by atoms with Crippen molar-refractivity contribution in [2.75, 3.05) is 5.33 Å². The molecule has 1 heterocycles. The second-order valence-electron chi connectivity index (χ2n) is 4.10. The molecule has 1 aromatic carbocycles. The first-order chi connectivity index (χ1) is 8.00. The van der Waals surface area contributed by atoms with Gasteiger partial charge < -0.3 is 4.74 Å². The molecule has 1 aromatic rings. The monoisotopic (exact) mass is 308 g/mol. The Bertz CT molecular complexity index is 374. The third-order valence-corrected chi connectivity index (χ3v) is 3.61. The van der Waals surface area contributed by atoms with Gasteiger partial charge in [-0.3, -0.25) is 0 Å². The first kappa shape index (κ1) is 12.9. The van der Waals surface area contributed by atoms with Crippen molar-refractivity contribution in [3.8, 4) is 0 Å². The van der Waals surface area contributed by atoms with Gasteiger partial charge in [0.1, 0.15) is 0 Å². The highest BCUT2D eigenvalue weighted by Gasteiger charge is 2.31. The number of halogens is 4. The van der Waals surface area contributed by atoms with E-state index >= 15 is 0 Å². The topological polar surface area (TPSA) is 9.23 Å². The molecule has 2 atom stereocenters. The predicted molar refractivity (Wildman–Crippen MR) is 62.1 cm³/mol. The highest BCUT2D eigenvalue weighted by molar-refractivity contribution is 9.09. The van der Waals surface area contributed by atoms with Crippen LogP contribution in [0.1, 0.15) is 30.1 Å². The summed E-state index contributed by atoms with van der Waals surface area (Å²) < 4.78 is 42.8. The van der Waals surface area contributed by atoms with Gasteiger partial charge in [0.25, 0.3) is 0 Å². The largest absolute Gasteiger partial charge is 0.416 e. The quantitative estimate of drug-likeness (QED) is 0.739. The van der Waals surface area contributed by atoms with Gasteiger partial charge in [-0.25, -0.2) is 0 Å². The number of hydrogen-bond acceptors (Lipinski definition) is 1. The van der Waals surface area contributed by atoms with Crippen LogP contribution < -0.4 is 0 Å². The van der Waals surface area contributed by atoms with Crippen molar-refractivity contribution in [1.29, 1.82) is 0 Å². The second kappa shape index (κ2) is 4.98. The van der Waals surface area contributed by atoms with Crippen LogP contribution in [0, 0.1) is 0 Å². The van der Waals surface area contributed by atoms with Gasteiger partial charge in [0, 0.05) is 5.33 Å². The minimum absolute atomic E-state index is 0.0696. The fraction of sp³-hybridized carbons (Fsp3) is 0.500. The van der Waals surface area contributed by atoms with E-state index in [1.165, 1.54) is 12.1 Å². The lowest BCUT2D eigenvalue weighted by Crippen LogP contribution is -2.08. The van der Waals surface area contributed by atoms with Gasteiger partial charge in [-0.15, -0.1) is 0 Å². The highest BCUT2D eigenvalue weighted by Crippen LogP contribution is 2.35. The maximum Gasteiger partial charge on any atom is 0.416 e. The molecule has 2 unspecified atom stereocenters. The van der Waals surface area contributed by atoms with Crippen LogP contribution in [0.4, 0.5) is 13.2 Å². The SMILES string of the molecule is FC(F)(F)c1ccc(C2CCC(CBr)O2)cc1. The Labute approximate surface area is 106 Å². The third-order valence-electron chi connectivity index (χ3n) is 2.89. The van der Waals surface area contributed by atoms with Gasteiger partial charge in [-0.05, 0) is 30.5 Å². The van der Waals surface area contributed by atoms with Crippen LogP contribution in [-0.4, -0.2) is 11.4 Å². The zero-order valence-electron chi connectivity index (χ0n) is 9.01. The Morgan fingerprint density at radius 2 is 1.82 bits per heavy atom. The Kier molecular flexibility index (Phi) is 3.78. The van der Waals surface area contributed by atoms with Crippen LogP contribution >= 0.6 is 15.9 Å². The van der Waals surface area contributed by atoms with Crippen LogP contribution in [-0.2, 0) is 10.9 Å². The summed E-state index contributed by atoms with van der Waals surface area (Å²) in [7, 11) is 0. The molecule has 94 valence electrons. The van der Waals surface area contributed by atoms with E-state index in [9.17, 15) is 13.2 Å². The van der Waals surface area contributed by atoms with Gasteiger partial charge >= 0.3 is 6.18 Å². The Balaban J connectivity index is 2.09. The van der Waals surface area contributed by atoms with E-state index < -0.39 is 11.7 Å². The molecule has 0 bridgehead atoms. The molecule has 1 aliphatic heterocycles. The van der Waals surface area contributed by atoms with E-state index in [0.29, 0.717) is 0 Å². The van der Waals surface area contributed by atoms with Crippen LogP contribution in [0.25, 0.3) is 0 Å². The number of rotatable bonds is 2. The predicted octanol–water partition coefficient (Wildman–Crippen LogP) is 4.32. The number of alkyl halides is 4. The van der Waals surface area contributed by atoms with Crippen molar-refractivity contribution in [2.45, 2.75) is 31.2 Å². The molecule has 0 spiro atoms. The first-order valence-electron chi connectivity index (χ1n) is 5.39. The average molecular weight is 309 g/mol. The van der Waals surface area contributed by atoms with E-state index in [1.54, 1.807) is 0 Å². The Morgan fingerprint density at radius 1 is 1.18 bits per heavy atom. The molecule has 1 fully saturated rings. The zero-order chi connectivity index (χ0) is 12.5. The van der Waals surface area contributed by atoms with Gasteiger partial charge in [-0.2, -0.15) is 13.2 Å². The smallest absolute Gasteiger partial charge is 0.369 e. The van der Waals surface area contributed by atoms with Crippen LogP contribution in [0.3, 0.4) is 0 Å². The zero-order valence-corrected chi connectivity index (χ0v) is 10.6. The van der Waals surface area contributed by atoms with Crippen LogP contribution in [0.2, 0.25) is 0 Å². The minimum atomic E-state index is -4.27. The molecule has 0 saturated carbocycles. The summed E-state index contributed by atoms with van der Waals surface area (Å²) in [6, 6.07) is 5.23. The molecule has 0 aliphatic carbocycles. The lowest BCUT2D eigenvalue weighted by molar-refractivity contribution is -0.137. The van der Waals surface area contributed by atoms with Crippen molar-refractivity contribution in [3.05, 3.63) is 35.4 Å². The molecule has 1 saturated heterocycles. The maximum absolute atomic E-state index is 12.4. The number of benzene rings is 1. The van der Waals surface area contributed by atoms with Crippen molar-refractivity contribution >= 4 is 15.9 Å². The van der Waals surface area contributed by atoms with Crippen LogP contribution in [0.5, 0.6) is 0 Å². The van der Waals surface area contributed by atoms with E-state index in [2.05, 4.69) is 15.9 Å². The molecule has 0 radical (unpaired) electrons. The first-order valence-corrected chi connectivity index (χ1v) is 6.51. The molecule has 5 heteroatoms. The molecule has 1 nitrogen and oxygen atoms in total. The second-order valence-corrected chi connectivity index (χ2v) is 4.75. The van der Waals surface area contributed by atoms with Gasteiger partial charge in [0.05, 0.1) is 17.8 Å². The Morgan fingerprint density at radius 3 is 2.29 bits per heavy atom. The molecule has 0 aromatic heterocycles. The standard InChI is InChI=1S/C12H12BrF3O/c13-7-10-5-6-11(17-10)8-1-3-9(4-2-8)12(14,15)16/h1-4,10-11H,5-7H2. The van der Waals surface area contributed by atoms with Gasteiger partial charge in [-0.1, -0.05) is 28.1 Å². The molecule has 2 rings (SSSR count). The van der Waals surface area contributed by atoms with E-state index in [-0.39, 0.29) is 12.2 Å². The van der Waals surface area contributed by atoms with Crippen molar-refractivity contribution in [3.63, 3.8) is 0 Å². The number of ether oxygens (including phenoxy) is 1. The molecule has 17 heavy (non-hydrogen) atoms. The summed E-state index contributed by atoms with van der Waals surface area (Å²) in [5.41, 5.74) is 0.206. The summed E-state index contributed by atoms with van der Waals surface area (Å²) in [6.45, 7) is 0. The fourth-order valence-corrected chi connectivity index (χ4v) is 2.43. The van der Waals surface area contributed by atoms with Crippen molar-refractivity contribution in [2.24, 2.45) is 0 Å². The lowest BCUT2D eigenvalue weighted by atomic mass is 10.0. The molecular weight excluding hydrogens is 297 g/mol. The average Bonchev–Trinajstić information content (AvgIpc) is 2.76. The molecule has 0 N–H and O–H groups in total. The summed E-state index contributed by atoms with van der Waals surface area (Å²) in [5.74, 6) is 0. The maximum atomic E-state index is 12.4. The van der Waals surface area contributed by atoms with Crippen LogP contribution in [0.15, 0.2) is 24.3 Å². The summed E-state index contributed by atoms with van der Waals surface area (Å²) in [5, 5.41) is 0.768. The van der Waals surface area contributed by atoms with Crippen molar-refractivity contribution < 1.29 is 17.9 Å². The summed E-state index contributed by atoms with van der Waals surface area (Å²) in [6.07, 6.45) is -2.37. The highest BCUT2D eigenvalue weighted by atomic mass is 79.9. The third kappa shape index (κ3) is 3.01. The van der Waals surface area contributed by atoms with E-state index in [0.717, 1.165) is 35.9 Å². The van der Waals surface area contributed by atoms with E-state index in [1.807, 2.05) is 0 Å². The van der Waals surface area contributed by atoms with Crippen molar-refractivity contribution in [1.82, 2.24) is 0 Å². The Hall–Kier alpha value is -0.550. The molecule has 0 amide bonds. The summed E-state index contributed by atoms with van der Waals surface area (Å²) in [4.78, 5) is 0. The van der Waals surface area contributed by atoms with Gasteiger partial charge in [0.15, 0.2) is 0 Å². The normalized spacial score (nSPS) is 25.2. The number of hydrogen-bond donors (Lipinski definition) is 0. The molecule has 1 aliphatic rings. The van der Waals surface area contributed by atoms with E-state index in [4.69, 9.17) is 4.74 Å². The lowest BCUT2D eigenvalue weighted by Gasteiger charge is -2.13. The minimum Gasteiger partial charge on any atom is -0.369 e. The fourth-order valence-electron chi connectivity index (χ4n) is 1.95. The summed E-state index contributed by atoms with van der Waals surface area (Å²) >= 11 is 3.34.